The minimum Gasteiger partial charge on any atom is -0.350 e. The zero-order chi connectivity index (χ0) is 21.3. The van der Waals surface area contributed by atoms with E-state index in [-0.39, 0.29) is 35.5 Å². The van der Waals surface area contributed by atoms with Crippen molar-refractivity contribution in [3.63, 3.8) is 0 Å². The SMILES string of the molecule is O=C(/C=C/c1ccc(F)cc1)NC1CCC(NC(=O)/C=C/c2ccc(F)cc2)CC1. The van der Waals surface area contributed by atoms with E-state index in [2.05, 4.69) is 10.6 Å². The van der Waals surface area contributed by atoms with Crippen LogP contribution in [0, 0.1) is 11.6 Å². The van der Waals surface area contributed by atoms with Gasteiger partial charge in [0.2, 0.25) is 11.8 Å². The van der Waals surface area contributed by atoms with E-state index in [9.17, 15) is 18.4 Å². The Bertz CT molecular complexity index is 836. The molecule has 156 valence electrons. The molecule has 0 saturated heterocycles. The second-order valence-corrected chi connectivity index (χ2v) is 7.34. The summed E-state index contributed by atoms with van der Waals surface area (Å²) in [4.78, 5) is 24.2. The van der Waals surface area contributed by atoms with Crippen molar-refractivity contribution in [1.29, 1.82) is 0 Å². The standard InChI is InChI=1S/C24H24F2N2O2/c25-19-7-1-17(2-8-19)5-15-23(29)27-21-11-13-22(14-12-21)28-24(30)16-6-18-3-9-20(26)10-4-18/h1-10,15-16,21-22H,11-14H2,(H,27,29)(H,28,30)/b15-5+,16-6+. The molecule has 0 radical (unpaired) electrons. The number of hydrogen-bond acceptors (Lipinski definition) is 2. The third-order valence-electron chi connectivity index (χ3n) is 5.01. The molecule has 2 N–H and O–H groups in total. The maximum atomic E-state index is 12.9. The lowest BCUT2D eigenvalue weighted by molar-refractivity contribution is -0.118. The van der Waals surface area contributed by atoms with Crippen LogP contribution in [0.4, 0.5) is 8.78 Å². The summed E-state index contributed by atoms with van der Waals surface area (Å²) in [5, 5.41) is 5.94. The lowest BCUT2D eigenvalue weighted by Gasteiger charge is -2.29. The molecule has 1 aliphatic carbocycles. The zero-order valence-electron chi connectivity index (χ0n) is 16.5. The first-order chi connectivity index (χ1) is 14.5. The molecule has 1 saturated carbocycles. The van der Waals surface area contributed by atoms with Crippen molar-refractivity contribution in [3.05, 3.63) is 83.4 Å². The largest absolute Gasteiger partial charge is 0.350 e. The minimum atomic E-state index is -0.314. The fourth-order valence-corrected chi connectivity index (χ4v) is 3.37. The quantitative estimate of drug-likeness (QED) is 0.700. The van der Waals surface area contributed by atoms with Crippen LogP contribution in [0.5, 0.6) is 0 Å². The highest BCUT2D eigenvalue weighted by molar-refractivity contribution is 5.92. The van der Waals surface area contributed by atoms with E-state index in [0.29, 0.717) is 0 Å². The Morgan fingerprint density at radius 1 is 0.667 bits per heavy atom. The first-order valence-corrected chi connectivity index (χ1v) is 9.96. The highest BCUT2D eigenvalue weighted by Gasteiger charge is 2.22. The number of carbonyl (C=O) groups is 2. The average Bonchev–Trinajstić information content (AvgIpc) is 2.74. The Hall–Kier alpha value is -3.28. The average molecular weight is 410 g/mol. The summed E-state index contributed by atoms with van der Waals surface area (Å²) in [6.45, 7) is 0. The number of amides is 2. The third-order valence-corrected chi connectivity index (χ3v) is 5.01. The molecule has 0 aliphatic heterocycles. The smallest absolute Gasteiger partial charge is 0.244 e. The monoisotopic (exact) mass is 410 g/mol. The van der Waals surface area contributed by atoms with E-state index in [0.717, 1.165) is 36.8 Å². The molecule has 2 aromatic carbocycles. The van der Waals surface area contributed by atoms with Crippen molar-refractivity contribution >= 4 is 24.0 Å². The zero-order valence-corrected chi connectivity index (χ0v) is 16.5. The van der Waals surface area contributed by atoms with E-state index < -0.39 is 0 Å². The van der Waals surface area contributed by atoms with E-state index in [1.807, 2.05) is 0 Å². The van der Waals surface area contributed by atoms with E-state index in [1.54, 1.807) is 36.4 Å². The van der Waals surface area contributed by atoms with Crippen LogP contribution < -0.4 is 10.6 Å². The Kier molecular flexibility index (Phi) is 7.49. The molecule has 0 heterocycles. The van der Waals surface area contributed by atoms with E-state index in [4.69, 9.17) is 0 Å². The lowest BCUT2D eigenvalue weighted by Crippen LogP contribution is -2.43. The van der Waals surface area contributed by atoms with Crippen LogP contribution in [0.1, 0.15) is 36.8 Å². The van der Waals surface area contributed by atoms with Gasteiger partial charge in [-0.25, -0.2) is 8.78 Å². The van der Waals surface area contributed by atoms with Gasteiger partial charge in [0.25, 0.3) is 0 Å². The first-order valence-electron chi connectivity index (χ1n) is 9.96. The Labute approximate surface area is 174 Å². The Morgan fingerprint density at radius 2 is 1.00 bits per heavy atom. The van der Waals surface area contributed by atoms with Crippen LogP contribution in [-0.4, -0.2) is 23.9 Å². The van der Waals surface area contributed by atoms with Gasteiger partial charge >= 0.3 is 0 Å². The second-order valence-electron chi connectivity index (χ2n) is 7.34. The molecule has 1 fully saturated rings. The molecule has 0 aromatic heterocycles. The summed E-state index contributed by atoms with van der Waals surface area (Å²) in [5.41, 5.74) is 1.51. The van der Waals surface area contributed by atoms with Crippen LogP contribution in [-0.2, 0) is 9.59 Å². The number of benzene rings is 2. The van der Waals surface area contributed by atoms with E-state index >= 15 is 0 Å². The van der Waals surface area contributed by atoms with Gasteiger partial charge in [-0.15, -0.1) is 0 Å². The number of carbonyl (C=O) groups excluding carboxylic acids is 2. The minimum absolute atomic E-state index is 0.0678. The topological polar surface area (TPSA) is 58.2 Å². The summed E-state index contributed by atoms with van der Waals surface area (Å²) >= 11 is 0. The van der Waals surface area contributed by atoms with Crippen LogP contribution in [0.25, 0.3) is 12.2 Å². The summed E-state index contributed by atoms with van der Waals surface area (Å²) in [5.74, 6) is -0.999. The van der Waals surface area contributed by atoms with Gasteiger partial charge in [0.15, 0.2) is 0 Å². The summed E-state index contributed by atoms with van der Waals surface area (Å²) < 4.78 is 25.8. The molecular formula is C24H24F2N2O2. The molecule has 3 rings (SSSR count). The van der Waals surface area contributed by atoms with E-state index in [1.165, 1.54) is 36.4 Å². The molecule has 2 amide bonds. The number of halogens is 2. The molecule has 2 aromatic rings. The first kappa shape index (κ1) is 21.4. The fourth-order valence-electron chi connectivity index (χ4n) is 3.37. The fraction of sp³-hybridized carbons (Fsp3) is 0.250. The molecule has 0 bridgehead atoms. The van der Waals surface area contributed by atoms with Crippen molar-refractivity contribution in [2.24, 2.45) is 0 Å². The maximum Gasteiger partial charge on any atom is 0.244 e. The molecule has 0 spiro atoms. The number of hydrogen-bond donors (Lipinski definition) is 2. The van der Waals surface area contributed by atoms with Crippen molar-refractivity contribution in [2.75, 3.05) is 0 Å². The highest BCUT2D eigenvalue weighted by Crippen LogP contribution is 2.19. The predicted octanol–water partition coefficient (Wildman–Crippen LogP) is 4.24. The van der Waals surface area contributed by atoms with Gasteiger partial charge in [-0.2, -0.15) is 0 Å². The van der Waals surface area contributed by atoms with Gasteiger partial charge in [0.05, 0.1) is 0 Å². The van der Waals surface area contributed by atoms with Gasteiger partial charge in [0.1, 0.15) is 11.6 Å². The summed E-state index contributed by atoms with van der Waals surface area (Å²) in [6.07, 6.45) is 9.31. The molecule has 0 atom stereocenters. The van der Waals surface area contributed by atoms with Crippen LogP contribution in [0.3, 0.4) is 0 Å². The van der Waals surface area contributed by atoms with Gasteiger partial charge < -0.3 is 10.6 Å². The van der Waals surface area contributed by atoms with Crippen LogP contribution in [0.2, 0.25) is 0 Å². The van der Waals surface area contributed by atoms with Crippen LogP contribution in [0.15, 0.2) is 60.7 Å². The molecular weight excluding hydrogens is 386 g/mol. The number of rotatable bonds is 6. The summed E-state index contributed by atoms with van der Waals surface area (Å²) in [7, 11) is 0. The van der Waals surface area contributed by atoms with Gasteiger partial charge in [0, 0.05) is 24.2 Å². The summed E-state index contributed by atoms with van der Waals surface area (Å²) in [6, 6.07) is 12.0. The molecule has 1 aliphatic rings. The molecule has 0 unspecified atom stereocenters. The Balaban J connectivity index is 1.38. The van der Waals surface area contributed by atoms with Crippen LogP contribution >= 0.6 is 0 Å². The van der Waals surface area contributed by atoms with Crippen molar-refractivity contribution in [3.8, 4) is 0 Å². The highest BCUT2D eigenvalue weighted by atomic mass is 19.1. The van der Waals surface area contributed by atoms with Crippen molar-refractivity contribution in [2.45, 2.75) is 37.8 Å². The number of nitrogens with one attached hydrogen (secondary N) is 2. The normalized spacial score (nSPS) is 19.1. The third kappa shape index (κ3) is 6.95. The predicted molar refractivity (Wildman–Crippen MR) is 113 cm³/mol. The molecule has 4 nitrogen and oxygen atoms in total. The molecule has 30 heavy (non-hydrogen) atoms. The van der Waals surface area contributed by atoms with Gasteiger partial charge in [-0.05, 0) is 73.2 Å². The second kappa shape index (κ2) is 10.5. The lowest BCUT2D eigenvalue weighted by atomic mass is 9.91. The van der Waals surface area contributed by atoms with Crippen molar-refractivity contribution in [1.82, 2.24) is 10.6 Å². The van der Waals surface area contributed by atoms with Crippen molar-refractivity contribution < 1.29 is 18.4 Å². The maximum absolute atomic E-state index is 12.9. The van der Waals surface area contributed by atoms with Gasteiger partial charge in [-0.3, -0.25) is 9.59 Å². The molecule has 6 heteroatoms. The van der Waals surface area contributed by atoms with Gasteiger partial charge in [-0.1, -0.05) is 24.3 Å². The Morgan fingerprint density at radius 3 is 1.33 bits per heavy atom.